The molecule has 1 atom stereocenters. The minimum atomic E-state index is -0.729. The number of carbonyl (C=O) groups is 2. The molecule has 2 amide bonds. The molecule has 0 bridgehead atoms. The molecule has 2 aliphatic rings. The SMILES string of the molecule is CCC(NC(=O)C1(n2cccn2)CCNCC1)C(=O)N1CCOCC1.Cl. The van der Waals surface area contributed by atoms with E-state index in [-0.39, 0.29) is 24.2 Å². The highest BCUT2D eigenvalue weighted by atomic mass is 35.5. The Balaban J connectivity index is 0.00000243. The van der Waals surface area contributed by atoms with Crippen LogP contribution in [0.25, 0.3) is 0 Å². The third-order valence-electron chi connectivity index (χ3n) is 5.13. The highest BCUT2D eigenvalue weighted by Gasteiger charge is 2.43. The topological polar surface area (TPSA) is 88.5 Å². The molecule has 1 aromatic rings. The van der Waals surface area contributed by atoms with Gasteiger partial charge in [0.15, 0.2) is 0 Å². The van der Waals surface area contributed by atoms with Gasteiger partial charge in [0, 0.05) is 25.5 Å². The molecule has 3 heterocycles. The fourth-order valence-electron chi connectivity index (χ4n) is 3.56. The summed E-state index contributed by atoms with van der Waals surface area (Å²) in [5, 5.41) is 10.6. The van der Waals surface area contributed by atoms with Crippen molar-refractivity contribution < 1.29 is 14.3 Å². The minimum Gasteiger partial charge on any atom is -0.378 e. The third kappa shape index (κ3) is 4.19. The fourth-order valence-corrected chi connectivity index (χ4v) is 3.56. The molecule has 0 spiro atoms. The van der Waals surface area contributed by atoms with Gasteiger partial charge in [-0.25, -0.2) is 0 Å². The molecule has 0 aliphatic carbocycles. The minimum absolute atomic E-state index is 0. The van der Waals surface area contributed by atoms with E-state index >= 15 is 0 Å². The van der Waals surface area contributed by atoms with Crippen LogP contribution in [0.4, 0.5) is 0 Å². The van der Waals surface area contributed by atoms with Gasteiger partial charge in [0.2, 0.25) is 11.8 Å². The van der Waals surface area contributed by atoms with Crippen LogP contribution >= 0.6 is 12.4 Å². The molecular weight excluding hydrogens is 358 g/mol. The third-order valence-corrected chi connectivity index (χ3v) is 5.13. The fraction of sp³-hybridized carbons (Fsp3) is 0.706. The number of hydrogen-bond acceptors (Lipinski definition) is 5. The lowest BCUT2D eigenvalue weighted by Gasteiger charge is -2.38. The Bertz CT molecular complexity index is 583. The predicted octanol–water partition coefficient (Wildman–Crippen LogP) is 0.137. The predicted molar refractivity (Wildman–Crippen MR) is 99.2 cm³/mol. The second-order valence-corrected chi connectivity index (χ2v) is 6.60. The molecule has 2 fully saturated rings. The second kappa shape index (κ2) is 9.34. The van der Waals surface area contributed by atoms with E-state index in [0.29, 0.717) is 45.6 Å². The van der Waals surface area contributed by atoms with Gasteiger partial charge in [-0.05, 0) is 38.4 Å². The zero-order chi connectivity index (χ0) is 17.7. The van der Waals surface area contributed by atoms with Gasteiger partial charge in [0.05, 0.1) is 13.2 Å². The van der Waals surface area contributed by atoms with Gasteiger partial charge in [-0.3, -0.25) is 14.3 Å². The number of morpholine rings is 1. The molecule has 0 saturated carbocycles. The van der Waals surface area contributed by atoms with Crippen molar-refractivity contribution in [1.82, 2.24) is 25.3 Å². The molecule has 9 heteroatoms. The molecule has 2 N–H and O–H groups in total. The number of hydrogen-bond donors (Lipinski definition) is 2. The Morgan fingerprint density at radius 2 is 2.00 bits per heavy atom. The second-order valence-electron chi connectivity index (χ2n) is 6.60. The van der Waals surface area contributed by atoms with E-state index in [1.807, 2.05) is 19.2 Å². The van der Waals surface area contributed by atoms with Gasteiger partial charge in [-0.2, -0.15) is 5.10 Å². The van der Waals surface area contributed by atoms with Crippen molar-refractivity contribution in [3.63, 3.8) is 0 Å². The van der Waals surface area contributed by atoms with Crippen LogP contribution in [0.5, 0.6) is 0 Å². The summed E-state index contributed by atoms with van der Waals surface area (Å²) in [6.45, 7) is 5.70. The van der Waals surface area contributed by atoms with Gasteiger partial charge in [0.25, 0.3) is 0 Å². The van der Waals surface area contributed by atoms with E-state index in [1.54, 1.807) is 15.8 Å². The number of aromatic nitrogens is 2. The van der Waals surface area contributed by atoms with E-state index in [2.05, 4.69) is 15.7 Å². The van der Waals surface area contributed by atoms with Crippen molar-refractivity contribution >= 4 is 24.2 Å². The van der Waals surface area contributed by atoms with Gasteiger partial charge >= 0.3 is 0 Å². The average molecular weight is 386 g/mol. The van der Waals surface area contributed by atoms with Crippen LogP contribution in [-0.4, -0.2) is 71.9 Å². The molecular formula is C17H28ClN5O3. The van der Waals surface area contributed by atoms with Crippen molar-refractivity contribution in [1.29, 1.82) is 0 Å². The lowest BCUT2D eigenvalue weighted by atomic mass is 9.87. The first-order valence-electron chi connectivity index (χ1n) is 9.06. The molecule has 26 heavy (non-hydrogen) atoms. The summed E-state index contributed by atoms with van der Waals surface area (Å²) in [5.41, 5.74) is -0.729. The molecule has 0 aromatic carbocycles. The van der Waals surface area contributed by atoms with E-state index < -0.39 is 11.6 Å². The van der Waals surface area contributed by atoms with Crippen LogP contribution in [0.15, 0.2) is 18.5 Å². The monoisotopic (exact) mass is 385 g/mol. The maximum Gasteiger partial charge on any atom is 0.248 e. The van der Waals surface area contributed by atoms with Crippen LogP contribution in [0, 0.1) is 0 Å². The molecule has 1 aromatic heterocycles. The van der Waals surface area contributed by atoms with Gasteiger partial charge in [0.1, 0.15) is 11.6 Å². The van der Waals surface area contributed by atoms with E-state index in [1.165, 1.54) is 0 Å². The zero-order valence-electron chi connectivity index (χ0n) is 15.1. The Kier molecular flexibility index (Phi) is 7.43. The maximum atomic E-state index is 13.2. The normalized spacial score (nSPS) is 20.7. The summed E-state index contributed by atoms with van der Waals surface area (Å²) >= 11 is 0. The van der Waals surface area contributed by atoms with E-state index in [0.717, 1.165) is 13.1 Å². The first-order chi connectivity index (χ1) is 12.2. The Morgan fingerprint density at radius 1 is 1.31 bits per heavy atom. The summed E-state index contributed by atoms with van der Waals surface area (Å²) in [4.78, 5) is 27.7. The number of carbonyl (C=O) groups excluding carboxylic acids is 2. The number of piperidine rings is 1. The van der Waals surface area contributed by atoms with Crippen LogP contribution in [0.3, 0.4) is 0 Å². The smallest absolute Gasteiger partial charge is 0.248 e. The molecule has 3 rings (SSSR count). The first-order valence-corrected chi connectivity index (χ1v) is 9.06. The molecule has 146 valence electrons. The highest BCUT2D eigenvalue weighted by molar-refractivity contribution is 5.91. The highest BCUT2D eigenvalue weighted by Crippen LogP contribution is 2.27. The molecule has 2 saturated heterocycles. The lowest BCUT2D eigenvalue weighted by Crippen LogP contribution is -2.59. The number of nitrogens with zero attached hydrogens (tertiary/aromatic N) is 3. The number of amides is 2. The summed E-state index contributed by atoms with van der Waals surface area (Å²) < 4.78 is 7.05. The average Bonchev–Trinajstić information content (AvgIpc) is 3.22. The van der Waals surface area contributed by atoms with Gasteiger partial charge < -0.3 is 20.3 Å². The number of rotatable bonds is 5. The molecule has 8 nitrogen and oxygen atoms in total. The zero-order valence-corrected chi connectivity index (χ0v) is 16.0. The Morgan fingerprint density at radius 3 is 2.58 bits per heavy atom. The van der Waals surface area contributed by atoms with Crippen LogP contribution < -0.4 is 10.6 Å². The molecule has 1 unspecified atom stereocenters. The number of halogens is 1. The van der Waals surface area contributed by atoms with Crippen molar-refractivity contribution in [2.45, 2.75) is 37.8 Å². The van der Waals surface area contributed by atoms with Crippen molar-refractivity contribution in [3.05, 3.63) is 18.5 Å². The summed E-state index contributed by atoms with van der Waals surface area (Å²) in [7, 11) is 0. The largest absolute Gasteiger partial charge is 0.378 e. The van der Waals surface area contributed by atoms with Crippen molar-refractivity contribution in [2.24, 2.45) is 0 Å². The summed E-state index contributed by atoms with van der Waals surface area (Å²) in [6, 6.07) is 1.32. The van der Waals surface area contributed by atoms with Gasteiger partial charge in [-0.15, -0.1) is 12.4 Å². The maximum absolute atomic E-state index is 13.2. The van der Waals surface area contributed by atoms with Gasteiger partial charge in [-0.1, -0.05) is 6.92 Å². The lowest BCUT2D eigenvalue weighted by molar-refractivity contribution is -0.142. The van der Waals surface area contributed by atoms with Crippen LogP contribution in [0.1, 0.15) is 26.2 Å². The summed E-state index contributed by atoms with van der Waals surface area (Å²) in [5.74, 6) is -0.144. The Hall–Kier alpha value is -1.64. The van der Waals surface area contributed by atoms with Crippen molar-refractivity contribution in [3.8, 4) is 0 Å². The Labute approximate surface area is 160 Å². The van der Waals surface area contributed by atoms with E-state index in [4.69, 9.17) is 4.74 Å². The molecule has 2 aliphatic heterocycles. The number of ether oxygens (including phenoxy) is 1. The van der Waals surface area contributed by atoms with Crippen molar-refractivity contribution in [2.75, 3.05) is 39.4 Å². The summed E-state index contributed by atoms with van der Waals surface area (Å²) in [6.07, 6.45) is 5.39. The number of nitrogens with one attached hydrogen (secondary N) is 2. The standard InChI is InChI=1S/C17H27N5O3.ClH/c1-2-14(15(23)21-10-12-25-13-11-21)20-16(24)17(4-7-18-8-5-17)22-9-3-6-19-22;/h3,6,9,14,18H,2,4-5,7-8,10-13H2,1H3,(H,20,24);1H. The quantitative estimate of drug-likeness (QED) is 0.752. The first kappa shape index (κ1) is 20.7. The van der Waals surface area contributed by atoms with Crippen LogP contribution in [-0.2, 0) is 19.9 Å². The molecule has 0 radical (unpaired) electrons. The van der Waals surface area contributed by atoms with Crippen LogP contribution in [0.2, 0.25) is 0 Å². The van der Waals surface area contributed by atoms with E-state index in [9.17, 15) is 9.59 Å².